The number of piperidine rings is 1. The molecular weight excluding hydrogens is 380 g/mol. The molecule has 0 unspecified atom stereocenters. The third kappa shape index (κ3) is 8.14. The molecule has 1 fully saturated rings. The average molecular weight is 415 g/mol. The fourth-order valence-electron chi connectivity index (χ4n) is 2.98. The van der Waals surface area contributed by atoms with E-state index in [1.165, 1.54) is 6.26 Å². The van der Waals surface area contributed by atoms with Gasteiger partial charge in [-0.05, 0) is 19.8 Å². The molecule has 0 spiro atoms. The van der Waals surface area contributed by atoms with E-state index in [1.807, 2.05) is 20.8 Å². The molecule has 28 heavy (non-hydrogen) atoms. The van der Waals surface area contributed by atoms with Gasteiger partial charge in [-0.2, -0.15) is 4.98 Å². The van der Waals surface area contributed by atoms with Gasteiger partial charge in [-0.1, -0.05) is 19.0 Å². The molecule has 0 radical (unpaired) electrons. The Bertz CT molecular complexity index is 723. The highest BCUT2D eigenvalue weighted by atomic mass is 32.2. The molecule has 1 aliphatic rings. The number of nitrogens with zero attached hydrogens (tertiary/aromatic N) is 4. The van der Waals surface area contributed by atoms with Crippen molar-refractivity contribution in [1.82, 2.24) is 25.7 Å². The lowest BCUT2D eigenvalue weighted by atomic mass is 10.1. The fourth-order valence-corrected chi connectivity index (χ4v) is 3.57. The first-order valence-corrected chi connectivity index (χ1v) is 12.1. The smallest absolute Gasteiger partial charge is 0.228 e. The second-order valence-electron chi connectivity index (χ2n) is 7.60. The predicted molar refractivity (Wildman–Crippen MR) is 110 cm³/mol. The number of sulfone groups is 1. The molecule has 9 nitrogen and oxygen atoms in total. The summed E-state index contributed by atoms with van der Waals surface area (Å²) in [6.45, 7) is 9.87. The monoisotopic (exact) mass is 414 g/mol. The normalized spacial score (nSPS) is 17.2. The Balaban J connectivity index is 1.78. The molecule has 0 atom stereocenters. The SMILES string of the molecule is CCNC(=NCCc1nc(C(C)C)no1)NC1CCN(CCS(C)(=O)=O)CC1. The lowest BCUT2D eigenvalue weighted by Crippen LogP contribution is -2.49. The van der Waals surface area contributed by atoms with Crippen LogP contribution >= 0.6 is 0 Å². The van der Waals surface area contributed by atoms with Crippen molar-refractivity contribution in [3.05, 3.63) is 11.7 Å². The number of guanidine groups is 1. The molecule has 10 heteroatoms. The quantitative estimate of drug-likeness (QED) is 0.451. The van der Waals surface area contributed by atoms with Gasteiger partial charge in [0.05, 0.1) is 12.3 Å². The minimum absolute atomic E-state index is 0.226. The highest BCUT2D eigenvalue weighted by molar-refractivity contribution is 7.90. The topological polar surface area (TPSA) is 113 Å². The summed E-state index contributed by atoms with van der Waals surface area (Å²) in [6, 6.07) is 0.336. The first kappa shape index (κ1) is 22.6. The van der Waals surface area contributed by atoms with Crippen molar-refractivity contribution in [2.24, 2.45) is 4.99 Å². The van der Waals surface area contributed by atoms with Crippen LogP contribution in [0.1, 0.15) is 51.2 Å². The highest BCUT2D eigenvalue weighted by Gasteiger charge is 2.20. The second-order valence-corrected chi connectivity index (χ2v) is 9.86. The Labute approximate surface area is 168 Å². The van der Waals surface area contributed by atoms with E-state index >= 15 is 0 Å². The first-order valence-electron chi connectivity index (χ1n) is 10.0. The van der Waals surface area contributed by atoms with Crippen LogP contribution in [0, 0.1) is 0 Å². The first-order chi connectivity index (χ1) is 13.3. The third-order valence-electron chi connectivity index (χ3n) is 4.65. The van der Waals surface area contributed by atoms with Crippen LogP contribution in [0.2, 0.25) is 0 Å². The van der Waals surface area contributed by atoms with Crippen molar-refractivity contribution in [2.45, 2.75) is 52.0 Å². The van der Waals surface area contributed by atoms with Gasteiger partial charge in [-0.25, -0.2) is 8.42 Å². The molecule has 0 aromatic carbocycles. The molecule has 2 rings (SSSR count). The maximum Gasteiger partial charge on any atom is 0.228 e. The minimum atomic E-state index is -2.90. The number of likely N-dealkylation sites (tertiary alicyclic amines) is 1. The molecule has 1 aromatic heterocycles. The third-order valence-corrected chi connectivity index (χ3v) is 5.57. The van der Waals surface area contributed by atoms with Crippen molar-refractivity contribution >= 4 is 15.8 Å². The van der Waals surface area contributed by atoms with E-state index in [1.54, 1.807) is 0 Å². The van der Waals surface area contributed by atoms with Gasteiger partial charge in [0.15, 0.2) is 11.8 Å². The zero-order valence-corrected chi connectivity index (χ0v) is 18.3. The second kappa shape index (κ2) is 10.8. The molecule has 160 valence electrons. The van der Waals surface area contributed by atoms with E-state index < -0.39 is 9.84 Å². The van der Waals surface area contributed by atoms with Crippen molar-refractivity contribution in [2.75, 3.05) is 44.7 Å². The van der Waals surface area contributed by atoms with Gasteiger partial charge in [0, 0.05) is 50.8 Å². The van der Waals surface area contributed by atoms with Crippen molar-refractivity contribution in [3.8, 4) is 0 Å². The standard InChI is InChI=1S/C18H34N6O3S/c1-5-19-18(20-9-6-16-22-17(14(2)3)23-27-16)21-15-7-10-24(11-8-15)12-13-28(4,25)26/h14-15H,5-13H2,1-4H3,(H2,19,20,21). The summed E-state index contributed by atoms with van der Waals surface area (Å²) in [5.74, 6) is 2.61. The maximum absolute atomic E-state index is 11.3. The summed E-state index contributed by atoms with van der Waals surface area (Å²) < 4.78 is 27.9. The number of aromatic nitrogens is 2. The molecule has 2 heterocycles. The van der Waals surface area contributed by atoms with E-state index in [0.29, 0.717) is 31.4 Å². The number of hydrogen-bond acceptors (Lipinski definition) is 7. The van der Waals surface area contributed by atoms with Crippen LogP contribution in [0.25, 0.3) is 0 Å². The molecule has 0 aliphatic carbocycles. The fraction of sp³-hybridized carbons (Fsp3) is 0.833. The lowest BCUT2D eigenvalue weighted by molar-refractivity contribution is 0.216. The van der Waals surface area contributed by atoms with Gasteiger partial charge >= 0.3 is 0 Å². The number of aliphatic imine (C=N–C) groups is 1. The van der Waals surface area contributed by atoms with Crippen LogP contribution in [0.3, 0.4) is 0 Å². The Kier molecular flexibility index (Phi) is 8.68. The summed E-state index contributed by atoms with van der Waals surface area (Å²) in [5.41, 5.74) is 0. The Morgan fingerprint density at radius 1 is 1.36 bits per heavy atom. The molecule has 2 N–H and O–H groups in total. The van der Waals surface area contributed by atoms with Crippen molar-refractivity contribution < 1.29 is 12.9 Å². The molecule has 1 aromatic rings. The number of hydrogen-bond donors (Lipinski definition) is 2. The Morgan fingerprint density at radius 3 is 2.64 bits per heavy atom. The maximum atomic E-state index is 11.3. The molecular formula is C18H34N6O3S. The van der Waals surface area contributed by atoms with E-state index in [2.05, 4.69) is 30.7 Å². The van der Waals surface area contributed by atoms with E-state index in [9.17, 15) is 8.42 Å². The minimum Gasteiger partial charge on any atom is -0.357 e. The molecule has 0 amide bonds. The van der Waals surface area contributed by atoms with Crippen molar-refractivity contribution in [3.63, 3.8) is 0 Å². The van der Waals surface area contributed by atoms with Gasteiger partial charge in [0.1, 0.15) is 9.84 Å². The van der Waals surface area contributed by atoms with Gasteiger partial charge < -0.3 is 20.1 Å². The van der Waals surface area contributed by atoms with Crippen molar-refractivity contribution in [1.29, 1.82) is 0 Å². The number of nitrogens with one attached hydrogen (secondary N) is 2. The van der Waals surface area contributed by atoms with Crippen LogP contribution in [0.4, 0.5) is 0 Å². The number of rotatable bonds is 9. The van der Waals surface area contributed by atoms with Crippen LogP contribution in [-0.4, -0.2) is 80.2 Å². The molecule has 0 saturated carbocycles. The Morgan fingerprint density at radius 2 is 2.07 bits per heavy atom. The van der Waals surface area contributed by atoms with Crippen LogP contribution in [0.5, 0.6) is 0 Å². The molecule has 1 saturated heterocycles. The van der Waals surface area contributed by atoms with Gasteiger partial charge in [0.2, 0.25) is 5.89 Å². The zero-order valence-electron chi connectivity index (χ0n) is 17.4. The van der Waals surface area contributed by atoms with Gasteiger partial charge in [-0.15, -0.1) is 0 Å². The van der Waals surface area contributed by atoms with Crippen LogP contribution in [0.15, 0.2) is 9.52 Å². The van der Waals surface area contributed by atoms with E-state index in [0.717, 1.165) is 44.3 Å². The molecule has 0 bridgehead atoms. The summed E-state index contributed by atoms with van der Waals surface area (Å²) in [7, 11) is -2.90. The summed E-state index contributed by atoms with van der Waals surface area (Å²) >= 11 is 0. The highest BCUT2D eigenvalue weighted by Crippen LogP contribution is 2.11. The summed E-state index contributed by atoms with van der Waals surface area (Å²) in [4.78, 5) is 11.2. The summed E-state index contributed by atoms with van der Waals surface area (Å²) in [5, 5.41) is 10.7. The van der Waals surface area contributed by atoms with Crippen LogP contribution in [-0.2, 0) is 16.3 Å². The summed E-state index contributed by atoms with van der Waals surface area (Å²) in [6.07, 6.45) is 3.84. The van der Waals surface area contributed by atoms with Gasteiger partial charge in [0.25, 0.3) is 0 Å². The zero-order chi connectivity index (χ0) is 20.6. The van der Waals surface area contributed by atoms with E-state index in [4.69, 9.17) is 4.52 Å². The van der Waals surface area contributed by atoms with Gasteiger partial charge in [-0.3, -0.25) is 4.99 Å². The predicted octanol–water partition coefficient (Wildman–Crippen LogP) is 0.800. The van der Waals surface area contributed by atoms with Crippen LogP contribution < -0.4 is 10.6 Å². The van der Waals surface area contributed by atoms with E-state index in [-0.39, 0.29) is 11.7 Å². The average Bonchev–Trinajstić information content (AvgIpc) is 3.10. The Hall–Kier alpha value is -1.68. The molecule has 1 aliphatic heterocycles. The largest absolute Gasteiger partial charge is 0.357 e. The lowest BCUT2D eigenvalue weighted by Gasteiger charge is -2.32.